The van der Waals surface area contributed by atoms with Crippen LogP contribution < -0.4 is 25.4 Å². The summed E-state index contributed by atoms with van der Waals surface area (Å²) in [7, 11) is 0. The van der Waals surface area contributed by atoms with E-state index in [1.807, 2.05) is 53.0 Å². The van der Waals surface area contributed by atoms with E-state index in [1.165, 1.54) is 22.7 Å². The van der Waals surface area contributed by atoms with E-state index in [2.05, 4.69) is 20.9 Å². The molecule has 3 saturated carbocycles. The summed E-state index contributed by atoms with van der Waals surface area (Å²) in [6.45, 7) is 15.6. The van der Waals surface area contributed by atoms with Crippen molar-refractivity contribution in [2.75, 3.05) is 51.3 Å². The van der Waals surface area contributed by atoms with Crippen LogP contribution >= 0.6 is 22.9 Å². The molecule has 1 unspecified atom stereocenters. The fourth-order valence-electron chi connectivity index (χ4n) is 9.38. The molecule has 8 rings (SSSR count). The number of morpholine rings is 1. The number of rotatable bonds is 16. The largest absolute Gasteiger partial charge is 0.491 e. The molecule has 2 saturated heterocycles. The molecular formula is C45H60ClN7O9S. The molecule has 1 aromatic carbocycles. The van der Waals surface area contributed by atoms with Crippen LogP contribution in [-0.4, -0.2) is 131 Å². The van der Waals surface area contributed by atoms with Crippen molar-refractivity contribution in [3.63, 3.8) is 0 Å². The van der Waals surface area contributed by atoms with Gasteiger partial charge in [0, 0.05) is 48.9 Å². The second-order valence-electron chi connectivity index (χ2n) is 19.2. The van der Waals surface area contributed by atoms with E-state index in [0.29, 0.717) is 89.9 Å². The highest BCUT2D eigenvalue weighted by atomic mass is 35.5. The number of alkyl carbamates (subject to hydrolysis) is 1. The number of hydrogen-bond donors (Lipinski definition) is 4. The van der Waals surface area contributed by atoms with E-state index in [9.17, 15) is 24.3 Å². The van der Waals surface area contributed by atoms with Gasteiger partial charge in [-0.05, 0) is 74.8 Å². The first kappa shape index (κ1) is 45.1. The Labute approximate surface area is 377 Å². The maximum atomic E-state index is 14.8. The first-order valence-corrected chi connectivity index (χ1v) is 23.6. The van der Waals surface area contributed by atoms with Crippen LogP contribution in [0.25, 0.3) is 22.3 Å². The molecule has 3 amide bonds. The molecule has 4 heterocycles. The first-order chi connectivity index (χ1) is 30.0. The van der Waals surface area contributed by atoms with E-state index in [4.69, 9.17) is 40.5 Å². The van der Waals surface area contributed by atoms with Crippen molar-refractivity contribution in [3.8, 4) is 22.9 Å². The zero-order valence-corrected chi connectivity index (χ0v) is 38.5. The van der Waals surface area contributed by atoms with Crippen molar-refractivity contribution in [2.24, 2.45) is 23.2 Å². The van der Waals surface area contributed by atoms with Crippen LogP contribution in [0.15, 0.2) is 23.6 Å². The summed E-state index contributed by atoms with van der Waals surface area (Å²) in [5.41, 5.74) is -0.683. The van der Waals surface area contributed by atoms with Gasteiger partial charge in [0.2, 0.25) is 11.8 Å². The average molecular weight is 911 g/mol. The molecule has 3 aliphatic carbocycles. The molecule has 342 valence electrons. The number of amides is 3. The standard InChI is InChI=1S/C45H60ClN7O9S/c1-7-27-21-45(27,41(56)57)51-39(54)33-19-29(22-53(33)40(55)38(44(4,5)6)50-43(58)62-28-17-25-16-26(25)18-28)61-35-20-31(32-23-63-42(49-32)47-24(2)3)48-37-30(35)8-9-34(36(37)46)60-15-12-52-10-13-59-14-11-52/h8-9,20,23-29,33,38H,7,10-19,21-22H2,1-6H3,(H,47,49)(H,50,58)(H,51,54)(H,56,57)/t25-,26+,27-,28+,29-,33+,38-,45?/m1/s1. The Kier molecular flexibility index (Phi) is 13.0. The number of carboxylic acids is 1. The summed E-state index contributed by atoms with van der Waals surface area (Å²) in [5, 5.41) is 22.7. The fourth-order valence-corrected chi connectivity index (χ4v) is 10.5. The molecule has 3 aromatic rings. The van der Waals surface area contributed by atoms with Crippen LogP contribution in [0.1, 0.15) is 80.1 Å². The number of halogens is 1. The van der Waals surface area contributed by atoms with Gasteiger partial charge >= 0.3 is 12.1 Å². The van der Waals surface area contributed by atoms with Crippen molar-refractivity contribution >= 4 is 62.8 Å². The summed E-state index contributed by atoms with van der Waals surface area (Å²) >= 11 is 8.55. The lowest BCUT2D eigenvalue weighted by molar-refractivity contribution is -0.146. The van der Waals surface area contributed by atoms with E-state index >= 15 is 0 Å². The number of likely N-dealkylation sites (tertiary alicyclic amines) is 1. The third-order valence-electron chi connectivity index (χ3n) is 13.1. The van der Waals surface area contributed by atoms with E-state index in [0.717, 1.165) is 31.1 Å². The van der Waals surface area contributed by atoms with Crippen molar-refractivity contribution in [1.82, 2.24) is 30.4 Å². The Hall–Kier alpha value is -4.45. The third-order valence-corrected chi connectivity index (χ3v) is 14.2. The van der Waals surface area contributed by atoms with Crippen LogP contribution in [0, 0.1) is 23.2 Å². The molecule has 0 bridgehead atoms. The molecule has 5 aliphatic rings. The second kappa shape index (κ2) is 18.2. The summed E-state index contributed by atoms with van der Waals surface area (Å²) < 4.78 is 24.3. The zero-order valence-electron chi connectivity index (χ0n) is 36.9. The molecule has 5 fully saturated rings. The van der Waals surface area contributed by atoms with Crippen LogP contribution in [-0.2, 0) is 23.9 Å². The number of pyridine rings is 1. The van der Waals surface area contributed by atoms with Gasteiger partial charge in [0.15, 0.2) is 5.13 Å². The Morgan fingerprint density at radius 3 is 2.44 bits per heavy atom. The van der Waals surface area contributed by atoms with Gasteiger partial charge < -0.3 is 44.9 Å². The molecule has 18 heteroatoms. The molecule has 2 aromatic heterocycles. The number of thiazole rings is 1. The minimum absolute atomic E-state index is 0.0295. The van der Waals surface area contributed by atoms with E-state index in [1.54, 1.807) is 12.1 Å². The molecule has 16 nitrogen and oxygen atoms in total. The predicted octanol–water partition coefficient (Wildman–Crippen LogP) is 6.20. The SMILES string of the molecule is CC[C@@H]1CC1(NC(=O)[C@@H]1C[C@@H](Oc2cc(-c3csc(NC(C)C)n3)nc3c(Cl)c(OCCN4CCOCC4)ccc23)CN1C(=O)[C@@H](NC(=O)O[C@@H]1C[C@@H]2C[C@@H]2C1)C(C)(C)C)C(=O)O. The number of hydrogen-bond acceptors (Lipinski definition) is 13. The minimum atomic E-state index is -1.42. The van der Waals surface area contributed by atoms with Gasteiger partial charge in [-0.15, -0.1) is 11.3 Å². The normalized spacial score (nSPS) is 27.1. The monoisotopic (exact) mass is 909 g/mol. The maximum absolute atomic E-state index is 14.8. The van der Waals surface area contributed by atoms with Gasteiger partial charge in [0.1, 0.15) is 58.7 Å². The molecule has 8 atom stereocenters. The van der Waals surface area contributed by atoms with Gasteiger partial charge in [-0.1, -0.05) is 45.7 Å². The summed E-state index contributed by atoms with van der Waals surface area (Å²) in [4.78, 5) is 68.5. The van der Waals surface area contributed by atoms with Crippen molar-refractivity contribution in [3.05, 3.63) is 28.6 Å². The number of aliphatic carboxylic acids is 1. The lowest BCUT2D eigenvalue weighted by Gasteiger charge is -2.35. The summed E-state index contributed by atoms with van der Waals surface area (Å²) in [6, 6.07) is 3.38. The smallest absolute Gasteiger partial charge is 0.408 e. The lowest BCUT2D eigenvalue weighted by Crippen LogP contribution is -2.59. The van der Waals surface area contributed by atoms with E-state index in [-0.39, 0.29) is 31.0 Å². The molecule has 0 radical (unpaired) electrons. The van der Waals surface area contributed by atoms with Gasteiger partial charge in [-0.3, -0.25) is 14.5 Å². The van der Waals surface area contributed by atoms with Crippen molar-refractivity contribution < 1.29 is 43.2 Å². The van der Waals surface area contributed by atoms with Crippen LogP contribution in [0.2, 0.25) is 5.02 Å². The number of nitrogens with one attached hydrogen (secondary N) is 3. The average Bonchev–Trinajstić information content (AvgIpc) is 3.91. The number of nitrogens with zero attached hydrogens (tertiary/aromatic N) is 4. The van der Waals surface area contributed by atoms with Crippen molar-refractivity contribution in [2.45, 2.75) is 116 Å². The Balaban J connectivity index is 1.09. The molecule has 0 spiro atoms. The Bertz CT molecular complexity index is 2200. The number of carbonyl (C=O) groups is 4. The number of aromatic nitrogens is 2. The quantitative estimate of drug-likeness (QED) is 0.127. The Morgan fingerprint density at radius 2 is 1.78 bits per heavy atom. The number of ether oxygens (including phenoxy) is 4. The highest BCUT2D eigenvalue weighted by Crippen LogP contribution is 2.52. The van der Waals surface area contributed by atoms with Crippen LogP contribution in [0.5, 0.6) is 11.5 Å². The molecule has 4 N–H and O–H groups in total. The maximum Gasteiger partial charge on any atom is 0.408 e. The molecule has 2 aliphatic heterocycles. The number of carboxylic acid groups (broad SMARTS) is 1. The van der Waals surface area contributed by atoms with Gasteiger partial charge in [0.25, 0.3) is 0 Å². The Morgan fingerprint density at radius 1 is 1.03 bits per heavy atom. The van der Waals surface area contributed by atoms with Crippen molar-refractivity contribution in [1.29, 1.82) is 0 Å². The highest BCUT2D eigenvalue weighted by Gasteiger charge is 2.61. The fraction of sp³-hybridized carbons (Fsp3) is 0.644. The summed E-state index contributed by atoms with van der Waals surface area (Å²) in [5.74, 6) is -0.376. The van der Waals surface area contributed by atoms with Gasteiger partial charge in [-0.25, -0.2) is 19.6 Å². The van der Waals surface area contributed by atoms with Gasteiger partial charge in [0.05, 0.1) is 31.0 Å². The number of anilines is 1. The highest BCUT2D eigenvalue weighted by molar-refractivity contribution is 7.14. The molecular weight excluding hydrogens is 850 g/mol. The minimum Gasteiger partial charge on any atom is -0.491 e. The topological polar surface area (TPSA) is 194 Å². The van der Waals surface area contributed by atoms with Crippen LogP contribution in [0.4, 0.5) is 9.93 Å². The number of benzene rings is 1. The molecule has 63 heavy (non-hydrogen) atoms. The number of fused-ring (bicyclic) bond motifs is 2. The zero-order chi connectivity index (χ0) is 44.8. The third kappa shape index (κ3) is 9.96. The lowest BCUT2D eigenvalue weighted by atomic mass is 9.85. The second-order valence-corrected chi connectivity index (χ2v) is 20.4. The van der Waals surface area contributed by atoms with E-state index < -0.39 is 53.0 Å². The first-order valence-electron chi connectivity index (χ1n) is 22.3. The number of carbonyl (C=O) groups excluding carboxylic acids is 3. The van der Waals surface area contributed by atoms with Crippen LogP contribution in [0.3, 0.4) is 0 Å². The van der Waals surface area contributed by atoms with Gasteiger partial charge in [-0.2, -0.15) is 0 Å². The summed E-state index contributed by atoms with van der Waals surface area (Å²) in [6.07, 6.45) is 2.11. The predicted molar refractivity (Wildman–Crippen MR) is 238 cm³/mol.